The van der Waals surface area contributed by atoms with Crippen LogP contribution >= 0.6 is 0 Å². The Morgan fingerprint density at radius 3 is 2.30 bits per heavy atom. The van der Waals surface area contributed by atoms with Gasteiger partial charge in [0.05, 0.1) is 9.82 Å². The van der Waals surface area contributed by atoms with E-state index in [0.717, 1.165) is 6.07 Å². The summed E-state index contributed by atoms with van der Waals surface area (Å²) in [5.41, 5.74) is 0.292. The lowest BCUT2D eigenvalue weighted by Crippen LogP contribution is -2.36. The van der Waals surface area contributed by atoms with Gasteiger partial charge >= 0.3 is 0 Å². The van der Waals surface area contributed by atoms with E-state index in [2.05, 4.69) is 0 Å². The number of hydrogen-bond donors (Lipinski definition) is 0. The standard InChI is InChI=1S/C13H20N2O4S/c1-5-11(6-2)14(4)20(18,19)13-9-12(15(16)17)8-7-10(13)3/h7-9,11H,5-6H2,1-4H3. The fourth-order valence-electron chi connectivity index (χ4n) is 2.13. The van der Waals surface area contributed by atoms with Crippen LogP contribution in [0.25, 0.3) is 0 Å². The van der Waals surface area contributed by atoms with Crippen LogP contribution in [0.1, 0.15) is 32.3 Å². The molecule has 20 heavy (non-hydrogen) atoms. The van der Waals surface area contributed by atoms with Crippen molar-refractivity contribution in [2.45, 2.75) is 44.6 Å². The number of nitro benzene ring substituents is 1. The molecule has 0 radical (unpaired) electrons. The third-order valence-corrected chi connectivity index (χ3v) is 5.55. The minimum Gasteiger partial charge on any atom is -0.258 e. The summed E-state index contributed by atoms with van der Waals surface area (Å²) in [6, 6.07) is 3.79. The van der Waals surface area contributed by atoms with Crippen LogP contribution in [0.15, 0.2) is 23.1 Å². The van der Waals surface area contributed by atoms with Gasteiger partial charge in [0.2, 0.25) is 10.0 Å². The molecule has 0 amide bonds. The highest BCUT2D eigenvalue weighted by Crippen LogP contribution is 2.26. The highest BCUT2D eigenvalue weighted by atomic mass is 32.2. The van der Waals surface area contributed by atoms with Gasteiger partial charge in [-0.1, -0.05) is 19.9 Å². The third kappa shape index (κ3) is 3.16. The second-order valence-electron chi connectivity index (χ2n) is 4.70. The van der Waals surface area contributed by atoms with Crippen molar-refractivity contribution in [2.24, 2.45) is 0 Å². The minimum atomic E-state index is -3.72. The lowest BCUT2D eigenvalue weighted by Gasteiger charge is -2.26. The van der Waals surface area contributed by atoms with E-state index in [4.69, 9.17) is 0 Å². The molecule has 0 aliphatic carbocycles. The van der Waals surface area contributed by atoms with Crippen LogP contribution in [0.5, 0.6) is 0 Å². The van der Waals surface area contributed by atoms with E-state index in [-0.39, 0.29) is 16.6 Å². The van der Waals surface area contributed by atoms with Gasteiger partial charge in [-0.3, -0.25) is 10.1 Å². The Kier molecular flexibility index (Phi) is 5.24. The maximum Gasteiger partial charge on any atom is 0.270 e. The number of benzene rings is 1. The Balaban J connectivity index is 3.34. The predicted octanol–water partition coefficient (Wildman–Crippen LogP) is 2.71. The molecule has 0 heterocycles. The molecule has 0 unspecified atom stereocenters. The first-order valence-electron chi connectivity index (χ1n) is 6.48. The molecule has 6 nitrogen and oxygen atoms in total. The molecule has 7 heteroatoms. The fourth-order valence-corrected chi connectivity index (χ4v) is 3.88. The summed E-state index contributed by atoms with van der Waals surface area (Å²) in [7, 11) is -2.20. The summed E-state index contributed by atoms with van der Waals surface area (Å²) in [5, 5.41) is 10.8. The molecule has 0 saturated carbocycles. The van der Waals surface area contributed by atoms with Crippen molar-refractivity contribution in [1.82, 2.24) is 4.31 Å². The summed E-state index contributed by atoms with van der Waals surface area (Å²) in [5.74, 6) is 0. The smallest absolute Gasteiger partial charge is 0.258 e. The third-order valence-electron chi connectivity index (χ3n) is 3.50. The molecule has 0 spiro atoms. The molecule has 0 aromatic heterocycles. The Hall–Kier alpha value is -1.47. The van der Waals surface area contributed by atoms with Crippen LogP contribution in [0.4, 0.5) is 5.69 Å². The zero-order valence-electron chi connectivity index (χ0n) is 12.2. The lowest BCUT2D eigenvalue weighted by molar-refractivity contribution is -0.385. The van der Waals surface area contributed by atoms with Gasteiger partial charge in [0.15, 0.2) is 0 Å². The SMILES string of the molecule is CCC(CC)N(C)S(=O)(=O)c1cc([N+](=O)[O-])ccc1C. The van der Waals surface area contributed by atoms with Crippen molar-refractivity contribution in [3.8, 4) is 0 Å². The van der Waals surface area contributed by atoms with Gasteiger partial charge in [-0.25, -0.2) is 8.42 Å². The largest absolute Gasteiger partial charge is 0.270 e. The van der Waals surface area contributed by atoms with Crippen LogP contribution in [0, 0.1) is 17.0 Å². The molecule has 1 rings (SSSR count). The first kappa shape index (κ1) is 16.6. The summed E-state index contributed by atoms with van der Waals surface area (Å²) in [4.78, 5) is 10.2. The average molecular weight is 300 g/mol. The number of non-ortho nitro benzene ring substituents is 1. The maximum absolute atomic E-state index is 12.6. The summed E-state index contributed by atoms with van der Waals surface area (Å²) < 4.78 is 26.5. The van der Waals surface area contributed by atoms with Crippen molar-refractivity contribution >= 4 is 15.7 Å². The van der Waals surface area contributed by atoms with E-state index < -0.39 is 14.9 Å². The summed E-state index contributed by atoms with van der Waals surface area (Å²) in [6.45, 7) is 5.47. The van der Waals surface area contributed by atoms with Crippen LogP contribution in [-0.4, -0.2) is 30.7 Å². The monoisotopic (exact) mass is 300 g/mol. The quantitative estimate of drug-likeness (QED) is 0.597. The maximum atomic E-state index is 12.6. The molecule has 112 valence electrons. The molecule has 0 fully saturated rings. The summed E-state index contributed by atoms with van der Waals surface area (Å²) >= 11 is 0. The zero-order chi connectivity index (χ0) is 15.5. The number of nitro groups is 1. The molecule has 1 aromatic rings. The van der Waals surface area contributed by atoms with Crippen molar-refractivity contribution in [3.63, 3.8) is 0 Å². The van der Waals surface area contributed by atoms with Crippen molar-refractivity contribution < 1.29 is 13.3 Å². The van der Waals surface area contributed by atoms with E-state index in [1.54, 1.807) is 6.92 Å². The Labute approximate surface area is 119 Å². The Morgan fingerprint density at radius 1 is 1.30 bits per heavy atom. The van der Waals surface area contributed by atoms with Crippen LogP contribution in [0.2, 0.25) is 0 Å². The molecule has 0 aliphatic rings. The molecule has 0 atom stereocenters. The normalized spacial score (nSPS) is 12.1. The Morgan fingerprint density at radius 2 is 1.85 bits per heavy atom. The van der Waals surface area contributed by atoms with E-state index in [1.807, 2.05) is 13.8 Å². The van der Waals surface area contributed by atoms with Crippen molar-refractivity contribution in [3.05, 3.63) is 33.9 Å². The summed E-state index contributed by atoms with van der Waals surface area (Å²) in [6.07, 6.45) is 1.39. The molecular weight excluding hydrogens is 280 g/mol. The van der Waals surface area contributed by atoms with Crippen LogP contribution < -0.4 is 0 Å². The Bertz CT molecular complexity index is 594. The van der Waals surface area contributed by atoms with Gasteiger partial charge in [0.1, 0.15) is 0 Å². The average Bonchev–Trinajstić information content (AvgIpc) is 2.39. The number of aryl methyl sites for hydroxylation is 1. The number of rotatable bonds is 6. The van der Waals surface area contributed by atoms with E-state index in [0.29, 0.717) is 18.4 Å². The highest BCUT2D eigenvalue weighted by Gasteiger charge is 2.28. The molecule has 1 aromatic carbocycles. The zero-order valence-corrected chi connectivity index (χ0v) is 13.0. The van der Waals surface area contributed by atoms with E-state index in [1.165, 1.54) is 23.5 Å². The lowest BCUT2D eigenvalue weighted by atomic mass is 10.2. The molecule has 0 bridgehead atoms. The van der Waals surface area contributed by atoms with E-state index in [9.17, 15) is 18.5 Å². The predicted molar refractivity (Wildman–Crippen MR) is 77.2 cm³/mol. The second kappa shape index (κ2) is 6.32. The number of nitrogens with zero attached hydrogens (tertiary/aromatic N) is 2. The van der Waals surface area contributed by atoms with Crippen molar-refractivity contribution in [1.29, 1.82) is 0 Å². The van der Waals surface area contributed by atoms with Gasteiger partial charge < -0.3 is 0 Å². The second-order valence-corrected chi connectivity index (χ2v) is 6.66. The number of sulfonamides is 1. The molecule has 0 saturated heterocycles. The topological polar surface area (TPSA) is 80.5 Å². The van der Waals surface area contributed by atoms with Gasteiger partial charge in [-0.15, -0.1) is 0 Å². The van der Waals surface area contributed by atoms with Gasteiger partial charge in [-0.2, -0.15) is 4.31 Å². The minimum absolute atomic E-state index is 0.00102. The van der Waals surface area contributed by atoms with Gasteiger partial charge in [-0.05, 0) is 25.3 Å². The van der Waals surface area contributed by atoms with Crippen LogP contribution in [0.3, 0.4) is 0 Å². The van der Waals surface area contributed by atoms with Crippen molar-refractivity contribution in [2.75, 3.05) is 7.05 Å². The first-order chi connectivity index (χ1) is 9.25. The molecule has 0 N–H and O–H groups in total. The number of hydrogen-bond acceptors (Lipinski definition) is 4. The van der Waals surface area contributed by atoms with E-state index >= 15 is 0 Å². The van der Waals surface area contributed by atoms with Crippen LogP contribution in [-0.2, 0) is 10.0 Å². The fraction of sp³-hybridized carbons (Fsp3) is 0.538. The molecular formula is C13H20N2O4S. The van der Waals surface area contributed by atoms with Gasteiger partial charge in [0, 0.05) is 25.2 Å². The highest BCUT2D eigenvalue weighted by molar-refractivity contribution is 7.89. The van der Waals surface area contributed by atoms with Gasteiger partial charge in [0.25, 0.3) is 5.69 Å². The first-order valence-corrected chi connectivity index (χ1v) is 7.92. The molecule has 0 aliphatic heterocycles.